The molecule has 0 fully saturated rings. The van der Waals surface area contributed by atoms with E-state index in [-0.39, 0.29) is 0 Å². The van der Waals surface area contributed by atoms with Crippen molar-refractivity contribution in [3.05, 3.63) is 48.3 Å². The van der Waals surface area contributed by atoms with Gasteiger partial charge in [-0.3, -0.25) is 4.98 Å². The third kappa shape index (κ3) is 3.08. The van der Waals surface area contributed by atoms with E-state index in [1.54, 1.807) is 17.1 Å². The molecule has 3 aromatic heterocycles. The molecule has 0 N–H and O–H groups in total. The van der Waals surface area contributed by atoms with Crippen LogP contribution < -0.4 is 4.90 Å². The maximum absolute atomic E-state index is 10.6. The number of fused-ring (bicyclic) bond motifs is 2. The number of hydrogen-bond acceptors (Lipinski definition) is 7. The predicted molar refractivity (Wildman–Crippen MR) is 97.9 cm³/mol. The van der Waals surface area contributed by atoms with Gasteiger partial charge in [0.15, 0.2) is 5.65 Å². The number of carbonyl (C=O) groups is 1. The molecule has 1 aromatic carbocycles. The number of rotatable bonds is 6. The maximum atomic E-state index is 10.6. The first-order valence-corrected chi connectivity index (χ1v) is 8.29. The second kappa shape index (κ2) is 6.83. The van der Waals surface area contributed by atoms with Crippen molar-refractivity contribution < 1.29 is 4.79 Å². The van der Waals surface area contributed by atoms with Gasteiger partial charge in [0.25, 0.3) is 0 Å². The van der Waals surface area contributed by atoms with Crippen molar-refractivity contribution in [2.45, 2.75) is 13.0 Å². The highest BCUT2D eigenvalue weighted by molar-refractivity contribution is 5.79. The molecule has 3 heterocycles. The van der Waals surface area contributed by atoms with Crippen molar-refractivity contribution in [3.8, 4) is 0 Å². The molecule has 0 saturated carbocycles. The fraction of sp³-hybridized carbons (Fsp3) is 0.222. The van der Waals surface area contributed by atoms with Gasteiger partial charge in [0.05, 0.1) is 18.3 Å². The van der Waals surface area contributed by atoms with Crippen LogP contribution in [-0.4, -0.2) is 49.8 Å². The molecule has 8 heteroatoms. The lowest BCUT2D eigenvalue weighted by Gasteiger charge is -2.15. The number of pyridine rings is 1. The van der Waals surface area contributed by atoms with Crippen LogP contribution in [0.3, 0.4) is 0 Å². The number of aldehydes is 1. The molecular formula is C18H17N7O. The minimum absolute atomic E-state index is 0.443. The summed E-state index contributed by atoms with van der Waals surface area (Å²) < 4.78 is 1.73. The molecule has 0 unspecified atom stereocenters. The van der Waals surface area contributed by atoms with E-state index in [4.69, 9.17) is 0 Å². The zero-order valence-corrected chi connectivity index (χ0v) is 14.3. The normalized spacial score (nSPS) is 11.1. The molecule has 0 aliphatic rings. The predicted octanol–water partition coefficient (Wildman–Crippen LogP) is 1.84. The second-order valence-corrected chi connectivity index (χ2v) is 6.03. The van der Waals surface area contributed by atoms with Crippen molar-refractivity contribution in [1.29, 1.82) is 0 Å². The Morgan fingerprint density at radius 2 is 2.15 bits per heavy atom. The molecule has 26 heavy (non-hydrogen) atoms. The molecule has 0 aliphatic carbocycles. The van der Waals surface area contributed by atoms with Crippen molar-refractivity contribution in [2.24, 2.45) is 0 Å². The van der Waals surface area contributed by atoms with Crippen molar-refractivity contribution in [3.63, 3.8) is 0 Å². The van der Waals surface area contributed by atoms with Gasteiger partial charge in [-0.2, -0.15) is 0 Å². The summed E-state index contributed by atoms with van der Waals surface area (Å²) in [5.74, 6) is 0.686. The Morgan fingerprint density at radius 1 is 1.23 bits per heavy atom. The smallest absolute Gasteiger partial charge is 0.221 e. The topological polar surface area (TPSA) is 89.7 Å². The Hall–Kier alpha value is -3.42. The maximum Gasteiger partial charge on any atom is 0.221 e. The highest BCUT2D eigenvalue weighted by Crippen LogP contribution is 2.17. The first-order chi connectivity index (χ1) is 12.7. The van der Waals surface area contributed by atoms with Crippen LogP contribution in [0.25, 0.3) is 22.2 Å². The lowest BCUT2D eigenvalue weighted by atomic mass is 10.1. The van der Waals surface area contributed by atoms with Gasteiger partial charge in [-0.1, -0.05) is 17.3 Å². The lowest BCUT2D eigenvalue weighted by Crippen LogP contribution is -2.20. The molecule has 0 saturated heterocycles. The average Bonchev–Trinajstić information content (AvgIpc) is 3.08. The SMILES string of the molecule is CN(CCC=O)c1cnc2nnn(Cc3ccc4ncccc4c3)c2n1. The Labute approximate surface area is 149 Å². The summed E-state index contributed by atoms with van der Waals surface area (Å²) >= 11 is 0. The number of carbonyl (C=O) groups excluding carboxylic acids is 1. The van der Waals surface area contributed by atoms with Gasteiger partial charge < -0.3 is 9.69 Å². The molecule has 0 radical (unpaired) electrons. The highest BCUT2D eigenvalue weighted by atomic mass is 16.1. The summed E-state index contributed by atoms with van der Waals surface area (Å²) in [4.78, 5) is 25.7. The van der Waals surface area contributed by atoms with Crippen LogP contribution in [0.4, 0.5) is 5.82 Å². The van der Waals surface area contributed by atoms with Gasteiger partial charge in [0, 0.05) is 31.6 Å². The van der Waals surface area contributed by atoms with Gasteiger partial charge in [-0.15, -0.1) is 5.10 Å². The standard InChI is InChI=1S/C18H17N7O/c1-24(8-3-9-26)16-11-20-17-18(21-16)25(23-22-17)12-13-5-6-15-14(10-13)4-2-7-19-15/h2,4-7,9-11H,3,8,12H2,1H3. The number of aromatic nitrogens is 6. The lowest BCUT2D eigenvalue weighted by molar-refractivity contribution is -0.107. The van der Waals surface area contributed by atoms with Gasteiger partial charge in [0.1, 0.15) is 12.1 Å². The number of hydrogen-bond donors (Lipinski definition) is 0. The molecule has 0 spiro atoms. The summed E-state index contributed by atoms with van der Waals surface area (Å²) in [7, 11) is 1.88. The quantitative estimate of drug-likeness (QED) is 0.492. The largest absolute Gasteiger partial charge is 0.358 e. The van der Waals surface area contributed by atoms with E-state index in [1.807, 2.05) is 36.2 Å². The van der Waals surface area contributed by atoms with Crippen LogP contribution in [0.2, 0.25) is 0 Å². The molecule has 8 nitrogen and oxygen atoms in total. The van der Waals surface area contributed by atoms with Crippen molar-refractivity contribution >= 4 is 34.3 Å². The van der Waals surface area contributed by atoms with E-state index in [9.17, 15) is 4.79 Å². The van der Waals surface area contributed by atoms with E-state index >= 15 is 0 Å². The fourth-order valence-corrected chi connectivity index (χ4v) is 2.79. The average molecular weight is 347 g/mol. The Bertz CT molecular complexity index is 1080. The zero-order valence-electron chi connectivity index (χ0n) is 14.3. The Balaban J connectivity index is 1.65. The third-order valence-electron chi connectivity index (χ3n) is 4.19. The summed E-state index contributed by atoms with van der Waals surface area (Å²) in [5.41, 5.74) is 3.16. The number of nitrogens with zero attached hydrogens (tertiary/aromatic N) is 7. The molecule has 0 aliphatic heterocycles. The summed E-state index contributed by atoms with van der Waals surface area (Å²) in [6.45, 7) is 1.13. The Kier molecular flexibility index (Phi) is 4.22. The Morgan fingerprint density at radius 3 is 3.04 bits per heavy atom. The van der Waals surface area contributed by atoms with E-state index in [1.165, 1.54) is 0 Å². The first-order valence-electron chi connectivity index (χ1n) is 8.29. The van der Waals surface area contributed by atoms with Crippen LogP contribution in [0, 0.1) is 0 Å². The van der Waals surface area contributed by atoms with Gasteiger partial charge in [0.2, 0.25) is 5.65 Å². The molecule has 4 aromatic rings. The molecular weight excluding hydrogens is 330 g/mol. The van der Waals surface area contributed by atoms with Gasteiger partial charge >= 0.3 is 0 Å². The van der Waals surface area contributed by atoms with E-state index in [0.29, 0.717) is 36.6 Å². The van der Waals surface area contributed by atoms with E-state index in [0.717, 1.165) is 22.8 Å². The summed E-state index contributed by atoms with van der Waals surface area (Å²) in [5, 5.41) is 9.36. The zero-order chi connectivity index (χ0) is 17.9. The van der Waals surface area contributed by atoms with Crippen LogP contribution in [-0.2, 0) is 11.3 Å². The molecule has 0 amide bonds. The summed E-state index contributed by atoms with van der Waals surface area (Å²) in [6.07, 6.45) is 4.76. The second-order valence-electron chi connectivity index (χ2n) is 6.03. The molecule has 130 valence electrons. The van der Waals surface area contributed by atoms with Crippen molar-refractivity contribution in [2.75, 3.05) is 18.5 Å². The summed E-state index contributed by atoms with van der Waals surface area (Å²) in [6, 6.07) is 10.1. The minimum atomic E-state index is 0.443. The minimum Gasteiger partial charge on any atom is -0.358 e. The third-order valence-corrected chi connectivity index (χ3v) is 4.19. The van der Waals surface area contributed by atoms with Gasteiger partial charge in [-0.05, 0) is 23.8 Å². The van der Waals surface area contributed by atoms with Crippen LogP contribution in [0.1, 0.15) is 12.0 Å². The van der Waals surface area contributed by atoms with Crippen LogP contribution >= 0.6 is 0 Å². The van der Waals surface area contributed by atoms with Crippen LogP contribution in [0.5, 0.6) is 0 Å². The molecule has 4 rings (SSSR count). The first kappa shape index (κ1) is 16.1. The van der Waals surface area contributed by atoms with E-state index in [2.05, 4.69) is 31.3 Å². The van der Waals surface area contributed by atoms with Gasteiger partial charge in [-0.25, -0.2) is 14.6 Å². The highest BCUT2D eigenvalue weighted by Gasteiger charge is 2.11. The molecule has 0 atom stereocenters. The van der Waals surface area contributed by atoms with Crippen molar-refractivity contribution in [1.82, 2.24) is 29.9 Å². The van der Waals surface area contributed by atoms with Crippen LogP contribution in [0.15, 0.2) is 42.7 Å². The monoisotopic (exact) mass is 347 g/mol. The molecule has 0 bridgehead atoms. The fourth-order valence-electron chi connectivity index (χ4n) is 2.79. The number of anilines is 1. The van der Waals surface area contributed by atoms with E-state index < -0.39 is 0 Å². The number of benzene rings is 1.